The number of imide groups is 1. The summed E-state index contributed by atoms with van der Waals surface area (Å²) in [5.74, 6) is 0.276. The second-order valence-electron chi connectivity index (χ2n) is 4.89. The first-order valence-electron chi connectivity index (χ1n) is 6.70. The number of hydrogen-bond donors (Lipinski definition) is 1. The van der Waals surface area contributed by atoms with Crippen LogP contribution in [0.4, 0.5) is 5.69 Å². The summed E-state index contributed by atoms with van der Waals surface area (Å²) in [6.07, 6.45) is 0. The normalized spacial score (nSPS) is 20.2. The van der Waals surface area contributed by atoms with Crippen LogP contribution in [-0.4, -0.2) is 47.0 Å². The first-order chi connectivity index (χ1) is 10.5. The molecule has 0 radical (unpaired) electrons. The zero-order valence-corrected chi connectivity index (χ0v) is 12.6. The Morgan fingerprint density at radius 2 is 2.14 bits per heavy atom. The maximum Gasteiger partial charge on any atom is 0.244 e. The number of nitrogens with one attached hydrogen (secondary N) is 1. The molecule has 1 saturated heterocycles. The van der Waals surface area contributed by atoms with Gasteiger partial charge in [0.1, 0.15) is 6.54 Å². The fraction of sp³-hybridized carbons (Fsp3) is 0.357. The van der Waals surface area contributed by atoms with Gasteiger partial charge in [0.2, 0.25) is 24.5 Å². The molecule has 0 spiro atoms. The molecule has 8 heteroatoms. The van der Waals surface area contributed by atoms with Gasteiger partial charge < -0.3 is 14.8 Å². The van der Waals surface area contributed by atoms with Crippen molar-refractivity contribution >= 4 is 35.2 Å². The van der Waals surface area contributed by atoms with Crippen LogP contribution in [0.25, 0.3) is 0 Å². The van der Waals surface area contributed by atoms with Crippen LogP contribution >= 0.6 is 11.8 Å². The zero-order chi connectivity index (χ0) is 15.7. The second kappa shape index (κ2) is 5.88. The zero-order valence-electron chi connectivity index (χ0n) is 11.8. The van der Waals surface area contributed by atoms with Crippen molar-refractivity contribution in [3.63, 3.8) is 0 Å². The molecule has 7 nitrogen and oxygen atoms in total. The average molecular weight is 322 g/mol. The molecule has 0 unspecified atom stereocenters. The molecule has 0 bridgehead atoms. The summed E-state index contributed by atoms with van der Waals surface area (Å²) < 4.78 is 10.4. The third-order valence-corrected chi connectivity index (χ3v) is 4.44. The van der Waals surface area contributed by atoms with E-state index < -0.39 is 5.91 Å². The largest absolute Gasteiger partial charge is 0.454 e. The number of rotatable bonds is 3. The van der Waals surface area contributed by atoms with Crippen LogP contribution in [0.1, 0.15) is 6.92 Å². The van der Waals surface area contributed by atoms with Gasteiger partial charge in [-0.1, -0.05) is 0 Å². The van der Waals surface area contributed by atoms with E-state index in [2.05, 4.69) is 5.32 Å². The Morgan fingerprint density at radius 3 is 2.95 bits per heavy atom. The van der Waals surface area contributed by atoms with Crippen molar-refractivity contribution in [3.8, 4) is 11.5 Å². The molecule has 3 rings (SSSR count). The Morgan fingerprint density at radius 1 is 1.36 bits per heavy atom. The van der Waals surface area contributed by atoms with Gasteiger partial charge >= 0.3 is 0 Å². The van der Waals surface area contributed by atoms with Gasteiger partial charge in [-0.2, -0.15) is 0 Å². The van der Waals surface area contributed by atoms with Gasteiger partial charge in [-0.15, -0.1) is 11.8 Å². The lowest BCUT2D eigenvalue weighted by Gasteiger charge is -2.27. The number of nitrogens with zero attached hydrogens (tertiary/aromatic N) is 1. The van der Waals surface area contributed by atoms with Crippen molar-refractivity contribution in [2.75, 3.05) is 24.4 Å². The molecule has 1 aromatic carbocycles. The highest BCUT2D eigenvalue weighted by Gasteiger charge is 2.33. The SMILES string of the molecule is C[C@@H]1SCC(=O)N(CC(=O)Nc2ccc3c(c2)OCO3)C1=O. The van der Waals surface area contributed by atoms with Crippen molar-refractivity contribution in [3.05, 3.63) is 18.2 Å². The van der Waals surface area contributed by atoms with E-state index in [4.69, 9.17) is 9.47 Å². The standard InChI is InChI=1S/C14H14N2O5S/c1-8-14(19)16(13(18)6-22-8)5-12(17)15-9-2-3-10-11(4-9)21-7-20-10/h2-4,8H,5-7H2,1H3,(H,15,17)/t8-/m0/s1. The first kappa shape index (κ1) is 14.7. The Labute approximate surface area is 130 Å². The fourth-order valence-corrected chi connectivity index (χ4v) is 2.99. The van der Waals surface area contributed by atoms with Crippen LogP contribution < -0.4 is 14.8 Å². The van der Waals surface area contributed by atoms with Gasteiger partial charge in [0.25, 0.3) is 0 Å². The molecule has 22 heavy (non-hydrogen) atoms. The summed E-state index contributed by atoms with van der Waals surface area (Å²) in [5.41, 5.74) is 0.522. The number of hydrogen-bond acceptors (Lipinski definition) is 6. The predicted molar refractivity (Wildman–Crippen MR) is 79.8 cm³/mol. The fourth-order valence-electron chi connectivity index (χ4n) is 2.17. The number of thioether (sulfide) groups is 1. The van der Waals surface area contributed by atoms with Crippen LogP contribution in [0.15, 0.2) is 18.2 Å². The van der Waals surface area contributed by atoms with Crippen molar-refractivity contribution in [2.24, 2.45) is 0 Å². The van der Waals surface area contributed by atoms with Crippen molar-refractivity contribution in [1.29, 1.82) is 0 Å². The summed E-state index contributed by atoms with van der Waals surface area (Å²) in [7, 11) is 0. The molecule has 2 aliphatic rings. The Balaban J connectivity index is 1.65. The van der Waals surface area contributed by atoms with Gasteiger partial charge in [-0.05, 0) is 19.1 Å². The van der Waals surface area contributed by atoms with E-state index in [1.165, 1.54) is 11.8 Å². The van der Waals surface area contributed by atoms with Crippen LogP contribution in [0, 0.1) is 0 Å². The number of anilines is 1. The Bertz CT molecular complexity index is 648. The van der Waals surface area contributed by atoms with Crippen LogP contribution in [0.3, 0.4) is 0 Å². The molecule has 0 aromatic heterocycles. The molecule has 3 amide bonds. The maximum atomic E-state index is 12.0. The van der Waals surface area contributed by atoms with Gasteiger partial charge in [0.05, 0.1) is 11.0 Å². The lowest BCUT2D eigenvalue weighted by atomic mass is 10.2. The maximum absolute atomic E-state index is 12.0. The summed E-state index contributed by atoms with van der Waals surface area (Å²) in [5, 5.41) is 2.34. The van der Waals surface area contributed by atoms with Crippen LogP contribution in [0.2, 0.25) is 0 Å². The first-order valence-corrected chi connectivity index (χ1v) is 7.75. The van der Waals surface area contributed by atoms with Crippen molar-refractivity contribution < 1.29 is 23.9 Å². The molecule has 0 aliphatic carbocycles. The minimum absolute atomic E-state index is 0.152. The molecular weight excluding hydrogens is 308 g/mol. The van der Waals surface area contributed by atoms with Gasteiger partial charge in [0.15, 0.2) is 11.5 Å². The number of benzene rings is 1. The highest BCUT2D eigenvalue weighted by molar-refractivity contribution is 8.01. The summed E-state index contributed by atoms with van der Waals surface area (Å²) in [6, 6.07) is 5.00. The number of amides is 3. The molecule has 1 fully saturated rings. The second-order valence-corrected chi connectivity index (χ2v) is 6.22. The summed E-state index contributed by atoms with van der Waals surface area (Å²) >= 11 is 1.28. The topological polar surface area (TPSA) is 84.9 Å². The third kappa shape index (κ3) is 2.87. The molecule has 1 atom stereocenters. The predicted octanol–water partition coefficient (Wildman–Crippen LogP) is 0.844. The molecule has 116 valence electrons. The van der Waals surface area contributed by atoms with Crippen molar-refractivity contribution in [2.45, 2.75) is 12.2 Å². The monoisotopic (exact) mass is 322 g/mol. The van der Waals surface area contributed by atoms with E-state index in [1.807, 2.05) is 0 Å². The number of carbonyl (C=O) groups is 3. The highest BCUT2D eigenvalue weighted by Crippen LogP contribution is 2.34. The number of carbonyl (C=O) groups excluding carboxylic acids is 3. The minimum atomic E-state index is -0.431. The molecule has 2 aliphatic heterocycles. The summed E-state index contributed by atoms with van der Waals surface area (Å²) in [6.45, 7) is 1.60. The summed E-state index contributed by atoms with van der Waals surface area (Å²) in [4.78, 5) is 36.7. The van der Waals surface area contributed by atoms with Gasteiger partial charge in [0, 0.05) is 11.8 Å². The third-order valence-electron chi connectivity index (χ3n) is 3.33. The molecule has 2 heterocycles. The lowest BCUT2D eigenvalue weighted by molar-refractivity contribution is -0.145. The number of fused-ring (bicyclic) bond motifs is 1. The molecule has 1 aromatic rings. The molecule has 0 saturated carbocycles. The van der Waals surface area contributed by atoms with Crippen LogP contribution in [-0.2, 0) is 14.4 Å². The quantitative estimate of drug-likeness (QED) is 0.830. The molecule has 1 N–H and O–H groups in total. The Kier molecular flexibility index (Phi) is 3.93. The van der Waals surface area contributed by atoms with E-state index >= 15 is 0 Å². The smallest absolute Gasteiger partial charge is 0.244 e. The Hall–Kier alpha value is -2.22. The van der Waals surface area contributed by atoms with Crippen molar-refractivity contribution in [1.82, 2.24) is 4.90 Å². The van der Waals surface area contributed by atoms with E-state index in [9.17, 15) is 14.4 Å². The van der Waals surface area contributed by atoms with Gasteiger partial charge in [-0.25, -0.2) is 0 Å². The minimum Gasteiger partial charge on any atom is -0.454 e. The van der Waals surface area contributed by atoms with E-state index in [-0.39, 0.29) is 36.2 Å². The van der Waals surface area contributed by atoms with E-state index in [1.54, 1.807) is 25.1 Å². The highest BCUT2D eigenvalue weighted by atomic mass is 32.2. The number of ether oxygens (including phenoxy) is 2. The van der Waals surface area contributed by atoms with Crippen LogP contribution in [0.5, 0.6) is 11.5 Å². The lowest BCUT2D eigenvalue weighted by Crippen LogP contribution is -2.49. The van der Waals surface area contributed by atoms with E-state index in [0.29, 0.717) is 17.2 Å². The van der Waals surface area contributed by atoms with E-state index in [0.717, 1.165) is 4.90 Å². The van der Waals surface area contributed by atoms with Gasteiger partial charge in [-0.3, -0.25) is 19.3 Å². The average Bonchev–Trinajstić information content (AvgIpc) is 2.95. The molecular formula is C14H14N2O5S.